The first-order valence-corrected chi connectivity index (χ1v) is 9.46. The minimum absolute atomic E-state index is 0.117. The third kappa shape index (κ3) is 1.78. The third-order valence-corrected chi connectivity index (χ3v) is 6.47. The summed E-state index contributed by atoms with van der Waals surface area (Å²) in [5.41, 5.74) is 5.63. The van der Waals surface area contributed by atoms with E-state index < -0.39 is 0 Å². The highest BCUT2D eigenvalue weighted by Gasteiger charge is 2.49. The Morgan fingerprint density at radius 1 is 1.13 bits per heavy atom. The van der Waals surface area contributed by atoms with Gasteiger partial charge in [-0.1, -0.05) is 37.5 Å². The lowest BCUT2D eigenvalue weighted by Crippen LogP contribution is -2.43. The van der Waals surface area contributed by atoms with E-state index in [1.807, 2.05) is 0 Å². The van der Waals surface area contributed by atoms with Crippen LogP contribution in [0.3, 0.4) is 0 Å². The van der Waals surface area contributed by atoms with E-state index in [1.165, 1.54) is 54.7 Å². The fraction of sp³-hybridized carbons (Fsp3) is 0.421. The van der Waals surface area contributed by atoms with Crippen molar-refractivity contribution < 1.29 is 0 Å². The third-order valence-electron chi connectivity index (χ3n) is 5.71. The fourth-order valence-electron chi connectivity index (χ4n) is 4.61. The van der Waals surface area contributed by atoms with Gasteiger partial charge in [0.1, 0.15) is 0 Å². The Hall–Kier alpha value is -1.81. The smallest absolute Gasteiger partial charge is 0.194 e. The fourth-order valence-corrected chi connectivity index (χ4v) is 5.34. The number of rotatable bonds is 1. The van der Waals surface area contributed by atoms with E-state index in [4.69, 9.17) is 4.98 Å². The van der Waals surface area contributed by atoms with Gasteiger partial charge in [0.25, 0.3) is 0 Å². The van der Waals surface area contributed by atoms with Gasteiger partial charge < -0.3 is 4.90 Å². The van der Waals surface area contributed by atoms with Crippen molar-refractivity contribution in [3.05, 3.63) is 52.8 Å². The van der Waals surface area contributed by atoms with E-state index in [9.17, 15) is 0 Å². The molecule has 4 heteroatoms. The summed E-state index contributed by atoms with van der Waals surface area (Å²) in [6.07, 6.45) is 8.64. The molecule has 1 aromatic carbocycles. The average molecular weight is 323 g/mol. The number of benzene rings is 1. The lowest BCUT2D eigenvalue weighted by atomic mass is 9.79. The highest BCUT2D eigenvalue weighted by Crippen LogP contribution is 2.51. The van der Waals surface area contributed by atoms with E-state index >= 15 is 0 Å². The van der Waals surface area contributed by atoms with Crippen molar-refractivity contribution in [3.63, 3.8) is 0 Å². The van der Waals surface area contributed by atoms with E-state index in [-0.39, 0.29) is 5.54 Å². The first-order valence-electron chi connectivity index (χ1n) is 8.58. The van der Waals surface area contributed by atoms with Crippen molar-refractivity contribution in [1.29, 1.82) is 0 Å². The van der Waals surface area contributed by atoms with Crippen LogP contribution in [0.2, 0.25) is 0 Å². The SMILES string of the molecule is Cc1ccccc1N1Cc2c(nc3sccn23)C12CCCCC2. The molecule has 118 valence electrons. The van der Waals surface area contributed by atoms with Gasteiger partial charge in [-0.2, -0.15) is 0 Å². The predicted molar refractivity (Wildman–Crippen MR) is 95.2 cm³/mol. The van der Waals surface area contributed by atoms with Crippen LogP contribution in [0.15, 0.2) is 35.8 Å². The van der Waals surface area contributed by atoms with Crippen LogP contribution in [0, 0.1) is 6.92 Å². The highest BCUT2D eigenvalue weighted by molar-refractivity contribution is 7.15. The predicted octanol–water partition coefficient (Wildman–Crippen LogP) is 4.88. The molecule has 3 heterocycles. The molecule has 5 rings (SSSR count). The number of aryl methyl sites for hydroxylation is 1. The lowest BCUT2D eigenvalue weighted by molar-refractivity contribution is 0.287. The van der Waals surface area contributed by atoms with Crippen LogP contribution < -0.4 is 4.90 Å². The van der Waals surface area contributed by atoms with Gasteiger partial charge in [0.05, 0.1) is 23.5 Å². The summed E-state index contributed by atoms with van der Waals surface area (Å²) in [5, 5.41) is 2.15. The molecule has 0 N–H and O–H groups in total. The zero-order valence-corrected chi connectivity index (χ0v) is 14.3. The number of imidazole rings is 1. The van der Waals surface area contributed by atoms with Gasteiger partial charge in [-0.25, -0.2) is 4.98 Å². The summed E-state index contributed by atoms with van der Waals surface area (Å²) in [6.45, 7) is 3.22. The number of fused-ring (bicyclic) bond motifs is 4. The maximum absolute atomic E-state index is 5.08. The second-order valence-corrected chi connectivity index (χ2v) is 7.80. The molecular weight excluding hydrogens is 302 g/mol. The van der Waals surface area contributed by atoms with E-state index in [0.29, 0.717) is 0 Å². The molecule has 2 aromatic heterocycles. The molecule has 2 aliphatic rings. The molecule has 0 unspecified atom stereocenters. The Morgan fingerprint density at radius 3 is 2.78 bits per heavy atom. The standard InChI is InChI=1S/C19H21N3S/c1-14-7-3-4-8-15(14)22-13-16-17(19(22)9-5-2-6-10-19)20-18-21(16)11-12-23-18/h3-4,7-8,11-12H,2,5-6,9-10,13H2,1H3. The van der Waals surface area contributed by atoms with Crippen molar-refractivity contribution in [2.24, 2.45) is 0 Å². The quantitative estimate of drug-likeness (QED) is 0.636. The van der Waals surface area contributed by atoms with Gasteiger partial charge in [0, 0.05) is 17.3 Å². The van der Waals surface area contributed by atoms with Gasteiger partial charge in [0.2, 0.25) is 0 Å². The number of para-hydroxylation sites is 1. The van der Waals surface area contributed by atoms with Crippen molar-refractivity contribution in [1.82, 2.24) is 9.38 Å². The second-order valence-electron chi connectivity index (χ2n) is 6.93. The molecule has 0 bridgehead atoms. The van der Waals surface area contributed by atoms with E-state index in [2.05, 4.69) is 52.1 Å². The van der Waals surface area contributed by atoms with E-state index in [1.54, 1.807) is 11.3 Å². The van der Waals surface area contributed by atoms with Crippen LogP contribution in [0.5, 0.6) is 0 Å². The number of aromatic nitrogens is 2. The molecular formula is C19H21N3S. The molecule has 1 fully saturated rings. The Kier molecular flexibility index (Phi) is 2.87. The molecule has 1 spiro atoms. The largest absolute Gasteiger partial charge is 0.354 e. The molecule has 0 atom stereocenters. The Bertz CT molecular complexity index is 870. The number of thiazole rings is 1. The van der Waals surface area contributed by atoms with Crippen LogP contribution >= 0.6 is 11.3 Å². The zero-order chi connectivity index (χ0) is 15.4. The monoisotopic (exact) mass is 323 g/mol. The number of nitrogens with zero attached hydrogens (tertiary/aromatic N) is 3. The summed E-state index contributed by atoms with van der Waals surface area (Å²) in [4.78, 5) is 8.89. The molecule has 1 aliphatic heterocycles. The first kappa shape index (κ1) is 13.6. The zero-order valence-electron chi connectivity index (χ0n) is 13.5. The summed E-state index contributed by atoms with van der Waals surface area (Å²) >= 11 is 1.75. The highest BCUT2D eigenvalue weighted by atomic mass is 32.1. The van der Waals surface area contributed by atoms with Crippen LogP contribution in [0.4, 0.5) is 5.69 Å². The van der Waals surface area contributed by atoms with Gasteiger partial charge in [-0.3, -0.25) is 4.40 Å². The molecule has 0 radical (unpaired) electrons. The molecule has 1 aliphatic carbocycles. The van der Waals surface area contributed by atoms with Crippen LogP contribution in [-0.2, 0) is 12.1 Å². The molecule has 1 saturated carbocycles. The van der Waals surface area contributed by atoms with Crippen molar-refractivity contribution in [2.75, 3.05) is 4.90 Å². The van der Waals surface area contributed by atoms with Gasteiger partial charge in [-0.05, 0) is 31.4 Å². The summed E-state index contributed by atoms with van der Waals surface area (Å²) in [5.74, 6) is 0. The number of hydrogen-bond donors (Lipinski definition) is 0. The summed E-state index contributed by atoms with van der Waals surface area (Å²) < 4.78 is 2.31. The van der Waals surface area contributed by atoms with Crippen molar-refractivity contribution in [3.8, 4) is 0 Å². The summed E-state index contributed by atoms with van der Waals surface area (Å²) in [7, 11) is 0. The van der Waals surface area contributed by atoms with E-state index in [0.717, 1.165) is 11.5 Å². The molecule has 23 heavy (non-hydrogen) atoms. The minimum Gasteiger partial charge on any atom is -0.354 e. The van der Waals surface area contributed by atoms with Crippen molar-refractivity contribution >= 4 is 22.0 Å². The van der Waals surface area contributed by atoms with Crippen LogP contribution in [0.25, 0.3) is 4.96 Å². The number of hydrogen-bond acceptors (Lipinski definition) is 3. The normalized spacial score (nSPS) is 19.6. The minimum atomic E-state index is 0.117. The number of anilines is 1. The second kappa shape index (κ2) is 4.84. The summed E-state index contributed by atoms with van der Waals surface area (Å²) in [6, 6.07) is 8.82. The average Bonchev–Trinajstić information content (AvgIpc) is 3.22. The van der Waals surface area contributed by atoms with Gasteiger partial charge in [0.15, 0.2) is 4.96 Å². The molecule has 0 saturated heterocycles. The molecule has 0 amide bonds. The lowest BCUT2D eigenvalue weighted by Gasteiger charge is -2.43. The Labute approximate surface area is 140 Å². The maximum Gasteiger partial charge on any atom is 0.194 e. The van der Waals surface area contributed by atoms with Gasteiger partial charge in [-0.15, -0.1) is 11.3 Å². The molecule has 3 nitrogen and oxygen atoms in total. The van der Waals surface area contributed by atoms with Crippen LogP contribution in [-0.4, -0.2) is 9.38 Å². The topological polar surface area (TPSA) is 20.5 Å². The van der Waals surface area contributed by atoms with Gasteiger partial charge >= 0.3 is 0 Å². The first-order chi connectivity index (χ1) is 11.3. The maximum atomic E-state index is 5.08. The Morgan fingerprint density at radius 2 is 1.96 bits per heavy atom. The van der Waals surface area contributed by atoms with Crippen LogP contribution in [0.1, 0.15) is 49.1 Å². The molecule has 3 aromatic rings. The van der Waals surface area contributed by atoms with Crippen molar-refractivity contribution in [2.45, 2.75) is 51.1 Å². The Balaban J connectivity index is 1.72.